The van der Waals surface area contributed by atoms with E-state index in [2.05, 4.69) is 20.2 Å². The van der Waals surface area contributed by atoms with Crippen molar-refractivity contribution >= 4 is 53.1 Å². The maximum atomic E-state index is 14.5. The summed E-state index contributed by atoms with van der Waals surface area (Å²) >= 11 is 6.54. The molecule has 1 fully saturated rings. The summed E-state index contributed by atoms with van der Waals surface area (Å²) < 4.78 is 88.5. The number of hydrogen-bond acceptors (Lipinski definition) is 7. The Bertz CT molecular complexity index is 2050. The molecule has 2 aromatic carbocycles. The van der Waals surface area contributed by atoms with E-state index >= 15 is 0 Å². The van der Waals surface area contributed by atoms with E-state index in [4.69, 9.17) is 45.6 Å². The lowest BCUT2D eigenvalue weighted by Gasteiger charge is -2.32. The second-order valence-corrected chi connectivity index (χ2v) is 13.8. The van der Waals surface area contributed by atoms with Gasteiger partial charge in [0.25, 0.3) is 5.91 Å². The van der Waals surface area contributed by atoms with Gasteiger partial charge in [0.2, 0.25) is 0 Å². The summed E-state index contributed by atoms with van der Waals surface area (Å²) in [6.07, 6.45) is -3.65. The molecule has 5 rings (SSSR count). The second-order valence-electron chi connectivity index (χ2n) is 13.4. The van der Waals surface area contributed by atoms with Crippen LogP contribution in [0, 0.1) is 0 Å². The molecule has 1 aliphatic carbocycles. The molecule has 1 saturated carbocycles. The van der Waals surface area contributed by atoms with Gasteiger partial charge in [0, 0.05) is 35.9 Å². The van der Waals surface area contributed by atoms with Crippen LogP contribution in [0.2, 0.25) is 5.02 Å². The first kappa shape index (κ1) is 41.2. The molecule has 0 unspecified atom stereocenters. The molecular formula is C33H31B3ClF6N9O3. The first-order valence-corrected chi connectivity index (χ1v) is 16.8. The minimum atomic E-state index is -4.76. The molecule has 22 heteroatoms. The van der Waals surface area contributed by atoms with Crippen molar-refractivity contribution in [1.29, 1.82) is 0 Å². The Morgan fingerprint density at radius 3 is 2.31 bits per heavy atom. The Kier molecular flexibility index (Phi) is 11.7. The standard InChI is InChI=1S/C33H31B3ClF6N9O3/c1-30(2,40)11-12-45-28(44)51(26(53)19-5-3-18(4-6-19)21-14-47-50(15-21)27(38)39)24(16-55-29(54)49-31(9-10-31)32(41,42)43)20-7-8-23(37)22(13-20)25-46-17-48-52(25)33(34,35)36/h3-8,13-15,17,24,27H,9-12,16H2,1-2H3,(H2,44,45)(H,49,54)/t24-/m1/s1. The van der Waals surface area contributed by atoms with E-state index < -0.39 is 59.8 Å². The van der Waals surface area contributed by atoms with Crippen LogP contribution < -0.4 is 11.1 Å². The highest BCUT2D eigenvalue weighted by Gasteiger charge is 2.64. The summed E-state index contributed by atoms with van der Waals surface area (Å²) in [7, 11) is 17.6. The third-order valence-electron chi connectivity index (χ3n) is 8.56. The molecule has 2 heterocycles. The molecule has 284 valence electrons. The first-order valence-electron chi connectivity index (χ1n) is 16.4. The van der Waals surface area contributed by atoms with Crippen LogP contribution in [0.15, 0.2) is 66.2 Å². The van der Waals surface area contributed by atoms with Crippen molar-refractivity contribution in [3.8, 4) is 22.5 Å². The number of benzene rings is 2. The quantitative estimate of drug-likeness (QED) is 0.0801. The molecule has 2 amide bonds. The third-order valence-corrected chi connectivity index (χ3v) is 8.89. The fourth-order valence-electron chi connectivity index (χ4n) is 5.40. The van der Waals surface area contributed by atoms with Crippen molar-refractivity contribution in [3.63, 3.8) is 0 Å². The van der Waals surface area contributed by atoms with Crippen molar-refractivity contribution in [2.45, 2.75) is 68.3 Å². The van der Waals surface area contributed by atoms with Gasteiger partial charge < -0.3 is 15.8 Å². The smallest absolute Gasteiger partial charge is 0.411 e. The van der Waals surface area contributed by atoms with Crippen LogP contribution in [0.3, 0.4) is 0 Å². The van der Waals surface area contributed by atoms with Gasteiger partial charge in [0.15, 0.2) is 11.8 Å². The summed E-state index contributed by atoms with van der Waals surface area (Å²) in [5, 5.41) is 7.43. The number of aromatic nitrogens is 5. The number of carbonyl (C=O) groups is 2. The van der Waals surface area contributed by atoms with Gasteiger partial charge in [-0.05, 0) is 67.3 Å². The van der Waals surface area contributed by atoms with Gasteiger partial charge in [-0.15, -0.1) is 0 Å². The number of halogens is 7. The predicted octanol–water partition coefficient (Wildman–Crippen LogP) is 5.39. The van der Waals surface area contributed by atoms with Gasteiger partial charge in [-0.2, -0.15) is 32.1 Å². The fraction of sp³-hybridized carbons (Fsp3) is 0.394. The molecule has 0 saturated heterocycles. The lowest BCUT2D eigenvalue weighted by Crippen LogP contribution is -2.49. The molecule has 2 aromatic heterocycles. The van der Waals surface area contributed by atoms with Gasteiger partial charge in [-0.1, -0.05) is 29.8 Å². The number of amides is 2. The highest BCUT2D eigenvalue weighted by molar-refractivity contribution is 6.56. The van der Waals surface area contributed by atoms with Gasteiger partial charge in [0.1, 0.15) is 24.1 Å². The van der Waals surface area contributed by atoms with Gasteiger partial charge >= 0.3 is 18.8 Å². The summed E-state index contributed by atoms with van der Waals surface area (Å²) in [6, 6.07) is 8.35. The van der Waals surface area contributed by atoms with E-state index in [1.54, 1.807) is 0 Å². The lowest BCUT2D eigenvalue weighted by atomic mass is 9.49. The van der Waals surface area contributed by atoms with Crippen molar-refractivity contribution in [2.24, 2.45) is 10.7 Å². The number of rotatable bonds is 13. The molecule has 3 N–H and O–H groups in total. The Morgan fingerprint density at radius 1 is 1.07 bits per heavy atom. The van der Waals surface area contributed by atoms with Crippen LogP contribution in [-0.4, -0.2) is 101 Å². The Hall–Kier alpha value is -4.94. The zero-order valence-corrected chi connectivity index (χ0v) is 30.0. The second kappa shape index (κ2) is 15.7. The molecule has 0 spiro atoms. The van der Waals surface area contributed by atoms with E-state index in [0.29, 0.717) is 15.8 Å². The number of nitrogens with zero attached hydrogens (tertiary/aromatic N) is 7. The molecule has 0 aliphatic heterocycles. The van der Waals surface area contributed by atoms with Crippen molar-refractivity contribution in [2.75, 3.05) is 13.2 Å². The SMILES string of the molecule is [B]C([B])([B])n1ncnc1-c1cc([C@@H](COC(=O)NC2(C(F)(F)F)CC2)N(C(=O)c2ccc(-c3cnn(C(F)F)c3)cc2)C(N)=NCCC(C)(C)F)ccc1Cl. The number of nitrogens with one attached hydrogen (secondary N) is 1. The Labute approximate surface area is 320 Å². The molecule has 4 aromatic rings. The fourth-order valence-corrected chi connectivity index (χ4v) is 5.60. The molecule has 55 heavy (non-hydrogen) atoms. The minimum absolute atomic E-state index is 0.0342. The van der Waals surface area contributed by atoms with Gasteiger partial charge in [-0.25, -0.2) is 18.9 Å². The maximum absolute atomic E-state index is 14.5. The van der Waals surface area contributed by atoms with Crippen LogP contribution in [0.4, 0.5) is 31.1 Å². The van der Waals surface area contributed by atoms with E-state index in [-0.39, 0.29) is 53.3 Å². The number of nitrogens with two attached hydrogens (primary N) is 1. The zero-order chi connectivity index (χ0) is 40.5. The normalized spacial score (nSPS) is 15.1. The van der Waals surface area contributed by atoms with Crippen LogP contribution >= 0.6 is 11.6 Å². The first-order chi connectivity index (χ1) is 25.6. The molecular weight excluding hydrogens is 752 g/mol. The molecule has 1 aliphatic rings. The summed E-state index contributed by atoms with van der Waals surface area (Å²) in [4.78, 5) is 36.6. The number of alkyl halides is 6. The van der Waals surface area contributed by atoms with Crippen LogP contribution in [0.5, 0.6) is 0 Å². The average molecular weight is 784 g/mol. The predicted molar refractivity (Wildman–Crippen MR) is 192 cm³/mol. The topological polar surface area (TPSA) is 146 Å². The summed E-state index contributed by atoms with van der Waals surface area (Å²) in [6.45, 7) is -1.28. The van der Waals surface area contributed by atoms with Gasteiger partial charge in [0.05, 0.1) is 40.8 Å². The van der Waals surface area contributed by atoms with Crippen molar-refractivity contribution < 1.29 is 40.7 Å². The highest BCUT2D eigenvalue weighted by Crippen LogP contribution is 2.49. The van der Waals surface area contributed by atoms with Crippen LogP contribution in [0.1, 0.15) is 61.6 Å². The highest BCUT2D eigenvalue weighted by atomic mass is 35.5. The summed E-state index contributed by atoms with van der Waals surface area (Å²) in [5.41, 5.74) is 3.21. The number of ether oxygens (including phenoxy) is 1. The minimum Gasteiger partial charge on any atom is -0.447 e. The molecule has 1 atom stereocenters. The van der Waals surface area contributed by atoms with Crippen molar-refractivity contribution in [3.05, 3.63) is 77.3 Å². The number of hydrogen-bond donors (Lipinski definition) is 2. The number of guanidine groups is 1. The van der Waals surface area contributed by atoms with Gasteiger partial charge in [-0.3, -0.25) is 19.4 Å². The third kappa shape index (κ3) is 9.66. The van der Waals surface area contributed by atoms with Crippen LogP contribution in [0.25, 0.3) is 22.5 Å². The van der Waals surface area contributed by atoms with Crippen LogP contribution in [-0.2, 0) is 9.97 Å². The Morgan fingerprint density at radius 2 is 1.75 bits per heavy atom. The number of carbonyl (C=O) groups excluding carboxylic acids is 2. The monoisotopic (exact) mass is 783 g/mol. The lowest BCUT2D eigenvalue weighted by molar-refractivity contribution is -0.164. The van der Waals surface area contributed by atoms with E-state index in [0.717, 1.165) is 22.1 Å². The molecule has 6 radical (unpaired) electrons. The average Bonchev–Trinajstić information content (AvgIpc) is 3.47. The van der Waals surface area contributed by atoms with Crippen molar-refractivity contribution in [1.82, 2.24) is 34.8 Å². The summed E-state index contributed by atoms with van der Waals surface area (Å²) in [5.74, 6) is -1.37. The molecule has 0 bridgehead atoms. The molecule has 12 nitrogen and oxygen atoms in total. The maximum Gasteiger partial charge on any atom is 0.411 e. The Balaban J connectivity index is 1.59. The number of aliphatic imine (C=N–C) groups is 1. The largest absolute Gasteiger partial charge is 0.447 e. The number of alkyl carbamates (subject to hydrolysis) is 1. The van der Waals surface area contributed by atoms with E-state index in [1.165, 1.54) is 62.5 Å². The van der Waals surface area contributed by atoms with E-state index in [9.17, 15) is 35.9 Å². The zero-order valence-electron chi connectivity index (χ0n) is 29.3. The van der Waals surface area contributed by atoms with E-state index in [1.807, 2.05) is 5.32 Å².